The van der Waals surface area contributed by atoms with E-state index in [4.69, 9.17) is 15.4 Å². The quantitative estimate of drug-likeness (QED) is 0.466. The van der Waals surface area contributed by atoms with E-state index in [2.05, 4.69) is 0 Å². The molecule has 1 heterocycles. The molecule has 2 atom stereocenters. The van der Waals surface area contributed by atoms with Gasteiger partial charge >= 0.3 is 5.97 Å². The van der Waals surface area contributed by atoms with Crippen LogP contribution in [0.5, 0.6) is 0 Å². The van der Waals surface area contributed by atoms with Gasteiger partial charge in [-0.15, -0.1) is 0 Å². The molecule has 1 aliphatic rings. The lowest BCUT2D eigenvalue weighted by Gasteiger charge is -2.20. The second-order valence-corrected chi connectivity index (χ2v) is 5.52. The van der Waals surface area contributed by atoms with Gasteiger partial charge in [-0.2, -0.15) is 5.26 Å². The number of fused-ring (bicyclic) bond motifs is 1. The molecule has 25 heavy (non-hydrogen) atoms. The highest BCUT2D eigenvalue weighted by molar-refractivity contribution is 6.22. The number of nitriles is 1. The monoisotopic (exact) mass is 341 g/mol. The van der Waals surface area contributed by atoms with Gasteiger partial charge in [0.25, 0.3) is 11.8 Å². The van der Waals surface area contributed by atoms with E-state index >= 15 is 0 Å². The van der Waals surface area contributed by atoms with Crippen molar-refractivity contribution in [3.05, 3.63) is 35.4 Å². The molecule has 0 saturated heterocycles. The van der Waals surface area contributed by atoms with Gasteiger partial charge in [0.2, 0.25) is 0 Å². The lowest BCUT2D eigenvalue weighted by molar-refractivity contribution is -0.151. The number of ether oxygens (including phenoxy) is 1. The van der Waals surface area contributed by atoms with Crippen LogP contribution in [0.15, 0.2) is 24.3 Å². The molecule has 0 aromatic heterocycles. The van der Waals surface area contributed by atoms with Gasteiger partial charge in [-0.25, -0.2) is 4.79 Å². The Morgan fingerprint density at radius 3 is 2.20 bits per heavy atom. The minimum absolute atomic E-state index is 0.156. The van der Waals surface area contributed by atoms with Crippen molar-refractivity contribution in [3.8, 4) is 6.07 Å². The van der Waals surface area contributed by atoms with Gasteiger partial charge in [0.1, 0.15) is 12.0 Å². The molecule has 1 aromatic rings. The average molecular weight is 341 g/mol. The molecule has 0 fully saturated rings. The number of hydrogen-bond acceptors (Lipinski definition) is 7. The van der Waals surface area contributed by atoms with Crippen LogP contribution >= 0.6 is 0 Å². The predicted octanol–water partition coefficient (Wildman–Crippen LogP) is 0.963. The minimum atomic E-state index is -1.29. The Hall–Kier alpha value is -3.34. The number of esters is 1. The van der Waals surface area contributed by atoms with Crippen LogP contribution in [0, 0.1) is 22.7 Å². The number of rotatable bonds is 6. The average Bonchev–Trinajstić information content (AvgIpc) is 2.84. The number of carbonyl (C=O) groups excluding carboxylic acids is 4. The molecule has 2 amide bonds. The zero-order valence-corrected chi connectivity index (χ0v) is 13.6. The molecule has 8 heteroatoms. The summed E-state index contributed by atoms with van der Waals surface area (Å²) in [6.45, 7) is 1.91. The number of benzene rings is 1. The summed E-state index contributed by atoms with van der Waals surface area (Å²) in [5, 5.41) is 16.2. The van der Waals surface area contributed by atoms with E-state index in [9.17, 15) is 19.2 Å². The SMILES string of the molecule is CC(=N)[C@H](C#N)C(=O)COC(=O)[C@@H](C)N1C(=O)c2ccccc2C1=O. The molecule has 0 spiro atoms. The van der Waals surface area contributed by atoms with Gasteiger partial charge in [-0.3, -0.25) is 19.3 Å². The molecule has 8 nitrogen and oxygen atoms in total. The first-order valence-corrected chi connectivity index (χ1v) is 7.40. The Bertz CT molecular complexity index is 789. The maximum atomic E-state index is 12.3. The Morgan fingerprint density at radius 1 is 1.24 bits per heavy atom. The summed E-state index contributed by atoms with van der Waals surface area (Å²) in [4.78, 5) is 49.3. The summed E-state index contributed by atoms with van der Waals surface area (Å²) < 4.78 is 4.82. The predicted molar refractivity (Wildman–Crippen MR) is 84.9 cm³/mol. The van der Waals surface area contributed by atoms with Crippen LogP contribution in [0.2, 0.25) is 0 Å². The lowest BCUT2D eigenvalue weighted by Crippen LogP contribution is -2.44. The Balaban J connectivity index is 2.06. The Labute approximate surface area is 143 Å². The van der Waals surface area contributed by atoms with Gasteiger partial charge < -0.3 is 10.1 Å². The Kier molecular flexibility index (Phi) is 5.08. The Morgan fingerprint density at radius 2 is 1.76 bits per heavy atom. The third-order valence-corrected chi connectivity index (χ3v) is 3.79. The third-order valence-electron chi connectivity index (χ3n) is 3.79. The molecule has 0 radical (unpaired) electrons. The van der Waals surface area contributed by atoms with Crippen LogP contribution in [0.4, 0.5) is 0 Å². The van der Waals surface area contributed by atoms with E-state index in [-0.39, 0.29) is 16.8 Å². The molecular formula is C17H15N3O5. The zero-order chi connectivity index (χ0) is 18.7. The fraction of sp³-hybridized carbons (Fsp3) is 0.294. The largest absolute Gasteiger partial charge is 0.456 e. The molecular weight excluding hydrogens is 326 g/mol. The van der Waals surface area contributed by atoms with E-state index in [1.165, 1.54) is 26.0 Å². The first-order chi connectivity index (χ1) is 11.8. The number of nitrogens with one attached hydrogen (secondary N) is 1. The molecule has 0 unspecified atom stereocenters. The number of amides is 2. The normalized spacial score (nSPS) is 15.2. The maximum Gasteiger partial charge on any atom is 0.329 e. The summed E-state index contributed by atoms with van der Waals surface area (Å²) in [7, 11) is 0. The van der Waals surface area contributed by atoms with Crippen LogP contribution in [-0.2, 0) is 14.3 Å². The van der Waals surface area contributed by atoms with Gasteiger partial charge in [-0.1, -0.05) is 12.1 Å². The molecule has 1 aliphatic heterocycles. The van der Waals surface area contributed by atoms with E-state index in [0.29, 0.717) is 0 Å². The van der Waals surface area contributed by atoms with Crippen molar-refractivity contribution in [1.82, 2.24) is 4.90 Å². The standard InChI is InChI=1S/C17H15N3O5/c1-9(19)13(7-18)14(21)8-25-17(24)10(2)20-15(22)11-5-3-4-6-12(11)16(20)23/h3-6,10,13,19H,8H2,1-2H3/t10-,13+/m1/s1. The van der Waals surface area contributed by atoms with Crippen LogP contribution in [0.3, 0.4) is 0 Å². The fourth-order valence-electron chi connectivity index (χ4n) is 2.42. The van der Waals surface area contributed by atoms with Crippen molar-refractivity contribution in [3.63, 3.8) is 0 Å². The first kappa shape index (κ1) is 18.0. The molecule has 1 aromatic carbocycles. The van der Waals surface area contributed by atoms with Gasteiger partial charge in [0.05, 0.1) is 17.2 Å². The van der Waals surface area contributed by atoms with Gasteiger partial charge in [-0.05, 0) is 26.0 Å². The topological polar surface area (TPSA) is 128 Å². The summed E-state index contributed by atoms with van der Waals surface area (Å²) in [5.41, 5.74) is 0.247. The van der Waals surface area contributed by atoms with Crippen molar-refractivity contribution in [1.29, 1.82) is 10.7 Å². The first-order valence-electron chi connectivity index (χ1n) is 7.40. The van der Waals surface area contributed by atoms with Gasteiger partial charge in [0.15, 0.2) is 12.4 Å². The zero-order valence-electron chi connectivity index (χ0n) is 13.6. The molecule has 1 N–H and O–H groups in total. The van der Waals surface area contributed by atoms with E-state index < -0.39 is 42.1 Å². The second-order valence-electron chi connectivity index (χ2n) is 5.52. The minimum Gasteiger partial charge on any atom is -0.456 e. The van der Waals surface area contributed by atoms with Gasteiger partial charge in [0, 0.05) is 5.71 Å². The van der Waals surface area contributed by atoms with E-state index in [1.807, 2.05) is 0 Å². The van der Waals surface area contributed by atoms with Crippen LogP contribution in [0.25, 0.3) is 0 Å². The molecule has 128 valence electrons. The number of imide groups is 1. The summed E-state index contributed by atoms with van der Waals surface area (Å²) in [5.74, 6) is -4.19. The van der Waals surface area contributed by atoms with Crippen LogP contribution in [-0.4, -0.2) is 46.8 Å². The van der Waals surface area contributed by atoms with Crippen LogP contribution in [0.1, 0.15) is 34.6 Å². The second kappa shape index (κ2) is 7.05. The van der Waals surface area contributed by atoms with Crippen molar-refractivity contribution in [2.45, 2.75) is 19.9 Å². The van der Waals surface area contributed by atoms with Crippen molar-refractivity contribution >= 4 is 29.3 Å². The van der Waals surface area contributed by atoms with Crippen molar-refractivity contribution in [2.75, 3.05) is 6.61 Å². The summed E-state index contributed by atoms with van der Waals surface area (Å²) in [6, 6.07) is 6.62. The van der Waals surface area contributed by atoms with E-state index in [0.717, 1.165) is 4.90 Å². The molecule has 2 rings (SSSR count). The number of nitrogens with zero attached hydrogens (tertiary/aromatic N) is 2. The van der Waals surface area contributed by atoms with Crippen molar-refractivity contribution < 1.29 is 23.9 Å². The lowest BCUT2D eigenvalue weighted by atomic mass is 10.0. The fourth-order valence-corrected chi connectivity index (χ4v) is 2.42. The highest BCUT2D eigenvalue weighted by Crippen LogP contribution is 2.24. The third kappa shape index (κ3) is 3.30. The van der Waals surface area contributed by atoms with E-state index in [1.54, 1.807) is 18.2 Å². The van der Waals surface area contributed by atoms with Crippen molar-refractivity contribution in [2.24, 2.45) is 5.92 Å². The number of hydrogen-bond donors (Lipinski definition) is 1. The molecule has 0 aliphatic carbocycles. The summed E-state index contributed by atoms with van der Waals surface area (Å²) in [6.07, 6.45) is 0. The smallest absolute Gasteiger partial charge is 0.329 e. The number of Topliss-reactive ketones (excluding diaryl/α,β-unsaturated/α-hetero) is 1. The maximum absolute atomic E-state index is 12.3. The molecule has 0 saturated carbocycles. The highest BCUT2D eigenvalue weighted by atomic mass is 16.5. The summed E-state index contributed by atoms with van der Waals surface area (Å²) >= 11 is 0. The number of ketones is 1. The number of carbonyl (C=O) groups is 4. The highest BCUT2D eigenvalue weighted by Gasteiger charge is 2.41. The molecule has 0 bridgehead atoms. The van der Waals surface area contributed by atoms with Crippen LogP contribution < -0.4 is 0 Å².